The molecule has 0 aliphatic carbocycles. The van der Waals surface area contributed by atoms with Crippen molar-refractivity contribution in [3.05, 3.63) is 65.5 Å². The number of pyridine rings is 1. The van der Waals surface area contributed by atoms with Gasteiger partial charge in [0, 0.05) is 11.8 Å². The zero-order chi connectivity index (χ0) is 16.8. The van der Waals surface area contributed by atoms with E-state index in [4.69, 9.17) is 0 Å². The van der Waals surface area contributed by atoms with Crippen molar-refractivity contribution in [1.29, 1.82) is 0 Å². The molecule has 2 N–H and O–H groups in total. The van der Waals surface area contributed by atoms with Gasteiger partial charge in [-0.2, -0.15) is 0 Å². The highest BCUT2D eigenvalue weighted by Crippen LogP contribution is 2.43. The van der Waals surface area contributed by atoms with E-state index in [0.29, 0.717) is 10.1 Å². The van der Waals surface area contributed by atoms with E-state index in [2.05, 4.69) is 15.8 Å². The third-order valence-corrected chi connectivity index (χ3v) is 6.47. The van der Waals surface area contributed by atoms with Gasteiger partial charge in [0.05, 0.1) is 4.58 Å². The van der Waals surface area contributed by atoms with Crippen molar-refractivity contribution in [2.45, 2.75) is 11.0 Å². The van der Waals surface area contributed by atoms with Crippen LogP contribution in [0, 0.1) is 0 Å². The molecule has 2 aromatic rings. The molecule has 0 atom stereocenters. The Hall–Kier alpha value is -1.99. The highest BCUT2D eigenvalue weighted by Gasteiger charge is 2.17. The molecule has 5 nitrogen and oxygen atoms in total. The Morgan fingerprint density at radius 2 is 1.67 bits per heavy atom. The molecular weight excluding hydrogens is 342 g/mol. The third kappa shape index (κ3) is 4.30. The molecule has 2 heterocycles. The molecule has 3 rings (SSSR count). The fourth-order valence-electron chi connectivity index (χ4n) is 2.22. The van der Waals surface area contributed by atoms with Gasteiger partial charge in [0.1, 0.15) is 5.69 Å². The highest BCUT2D eigenvalue weighted by atomic mass is 32.2. The van der Waals surface area contributed by atoms with Crippen molar-refractivity contribution in [2.24, 2.45) is 0 Å². The highest BCUT2D eigenvalue weighted by molar-refractivity contribution is 8.16. The second kappa shape index (κ2) is 8.21. The Kier molecular flexibility index (Phi) is 5.77. The summed E-state index contributed by atoms with van der Waals surface area (Å²) in [7, 11) is 0. The standard InChI is InChI=1S/C17H17N3O2S2/c21-15(19-20-16(22)14-4-1-2-9-18-14)12-5-7-13(8-6-12)17-23-10-3-11-24-17/h1-2,4-9,17H,3,10-11H2,(H,19,21)(H,20,22). The van der Waals surface area contributed by atoms with E-state index in [1.165, 1.54) is 29.7 Å². The summed E-state index contributed by atoms with van der Waals surface area (Å²) in [4.78, 5) is 27.9. The molecule has 0 saturated carbocycles. The number of carbonyl (C=O) groups is 2. The van der Waals surface area contributed by atoms with Gasteiger partial charge in [0.2, 0.25) is 0 Å². The number of carbonyl (C=O) groups excluding carboxylic acids is 2. The van der Waals surface area contributed by atoms with E-state index in [-0.39, 0.29) is 11.6 Å². The maximum absolute atomic E-state index is 12.1. The molecule has 1 fully saturated rings. The van der Waals surface area contributed by atoms with Gasteiger partial charge in [-0.1, -0.05) is 18.2 Å². The lowest BCUT2D eigenvalue weighted by molar-refractivity contribution is 0.0844. The predicted octanol–water partition coefficient (Wildman–Crippen LogP) is 3.03. The van der Waals surface area contributed by atoms with Crippen LogP contribution in [0.25, 0.3) is 0 Å². The van der Waals surface area contributed by atoms with Gasteiger partial charge >= 0.3 is 0 Å². The lowest BCUT2D eigenvalue weighted by Crippen LogP contribution is -2.41. The Balaban J connectivity index is 1.56. The second-order valence-corrected chi connectivity index (χ2v) is 7.90. The number of hydrogen-bond acceptors (Lipinski definition) is 5. The van der Waals surface area contributed by atoms with Crippen molar-refractivity contribution < 1.29 is 9.59 Å². The number of rotatable bonds is 3. The second-order valence-electron chi connectivity index (χ2n) is 5.17. The molecule has 7 heteroatoms. The molecule has 1 aliphatic heterocycles. The molecule has 24 heavy (non-hydrogen) atoms. The van der Waals surface area contributed by atoms with Crippen molar-refractivity contribution in [3.8, 4) is 0 Å². The van der Waals surface area contributed by atoms with E-state index >= 15 is 0 Å². The molecule has 0 spiro atoms. The molecule has 1 aromatic heterocycles. The molecule has 0 unspecified atom stereocenters. The van der Waals surface area contributed by atoms with Gasteiger partial charge in [-0.25, -0.2) is 0 Å². The van der Waals surface area contributed by atoms with Crippen LogP contribution in [0.15, 0.2) is 48.7 Å². The average molecular weight is 359 g/mol. The van der Waals surface area contributed by atoms with Gasteiger partial charge < -0.3 is 0 Å². The smallest absolute Gasteiger partial charge is 0.267 e. The first-order chi connectivity index (χ1) is 11.7. The fourth-order valence-corrected chi connectivity index (χ4v) is 5.11. The molecular formula is C17H17N3O2S2. The van der Waals surface area contributed by atoms with Crippen LogP contribution in [0.3, 0.4) is 0 Å². The van der Waals surface area contributed by atoms with E-state index in [1.807, 2.05) is 35.7 Å². The summed E-state index contributed by atoms with van der Waals surface area (Å²) in [5.41, 5.74) is 6.75. The van der Waals surface area contributed by atoms with Crippen LogP contribution < -0.4 is 10.9 Å². The number of hydrogen-bond donors (Lipinski definition) is 2. The summed E-state index contributed by atoms with van der Waals surface area (Å²) in [5.74, 6) is 1.56. The molecule has 0 bridgehead atoms. The largest absolute Gasteiger partial charge is 0.288 e. The van der Waals surface area contributed by atoms with Gasteiger partial charge in [0.25, 0.3) is 11.8 Å². The minimum Gasteiger partial charge on any atom is -0.267 e. The Morgan fingerprint density at radius 3 is 2.33 bits per heavy atom. The van der Waals surface area contributed by atoms with Crippen LogP contribution in [-0.2, 0) is 0 Å². The first kappa shape index (κ1) is 16.9. The number of benzene rings is 1. The third-order valence-electron chi connectivity index (χ3n) is 3.46. The van der Waals surface area contributed by atoms with E-state index in [9.17, 15) is 9.59 Å². The Morgan fingerprint density at radius 1 is 0.958 bits per heavy atom. The lowest BCUT2D eigenvalue weighted by Gasteiger charge is -2.21. The average Bonchev–Trinajstić information content (AvgIpc) is 2.67. The number of thioether (sulfide) groups is 2. The van der Waals surface area contributed by atoms with Gasteiger partial charge in [-0.05, 0) is 47.8 Å². The van der Waals surface area contributed by atoms with Gasteiger partial charge in [-0.3, -0.25) is 25.4 Å². The lowest BCUT2D eigenvalue weighted by atomic mass is 10.1. The zero-order valence-electron chi connectivity index (χ0n) is 12.9. The topological polar surface area (TPSA) is 71.1 Å². The van der Waals surface area contributed by atoms with E-state index in [0.717, 1.165) is 0 Å². The number of nitrogens with zero attached hydrogens (tertiary/aromatic N) is 1. The summed E-state index contributed by atoms with van der Waals surface area (Å²) in [5, 5.41) is 0. The maximum atomic E-state index is 12.1. The number of hydrazine groups is 1. The SMILES string of the molecule is O=C(NNC(=O)c1ccccn1)c1ccc(C2SCCCS2)cc1. The van der Waals surface area contributed by atoms with Crippen molar-refractivity contribution in [1.82, 2.24) is 15.8 Å². The van der Waals surface area contributed by atoms with Crippen LogP contribution in [-0.4, -0.2) is 28.3 Å². The first-order valence-electron chi connectivity index (χ1n) is 7.59. The van der Waals surface area contributed by atoms with E-state index < -0.39 is 5.91 Å². The van der Waals surface area contributed by atoms with Crippen LogP contribution in [0.5, 0.6) is 0 Å². The summed E-state index contributed by atoms with van der Waals surface area (Å²) >= 11 is 3.88. The summed E-state index contributed by atoms with van der Waals surface area (Å²) in [6.45, 7) is 0. The monoisotopic (exact) mass is 359 g/mol. The number of nitrogens with one attached hydrogen (secondary N) is 2. The molecule has 124 valence electrons. The quantitative estimate of drug-likeness (QED) is 0.825. The molecule has 0 radical (unpaired) electrons. The minimum absolute atomic E-state index is 0.250. The van der Waals surface area contributed by atoms with E-state index in [1.54, 1.807) is 30.3 Å². The van der Waals surface area contributed by atoms with Crippen molar-refractivity contribution in [2.75, 3.05) is 11.5 Å². The molecule has 1 aromatic carbocycles. The minimum atomic E-state index is -0.449. The molecule has 1 saturated heterocycles. The molecule has 2 amide bonds. The number of aromatic nitrogens is 1. The molecule has 1 aliphatic rings. The maximum Gasteiger partial charge on any atom is 0.288 e. The fraction of sp³-hybridized carbons (Fsp3) is 0.235. The van der Waals surface area contributed by atoms with Gasteiger partial charge in [0.15, 0.2) is 0 Å². The van der Waals surface area contributed by atoms with Crippen LogP contribution >= 0.6 is 23.5 Å². The van der Waals surface area contributed by atoms with Crippen molar-refractivity contribution in [3.63, 3.8) is 0 Å². The Bertz CT molecular complexity index is 702. The zero-order valence-corrected chi connectivity index (χ0v) is 14.5. The normalized spacial score (nSPS) is 14.8. The summed E-state index contributed by atoms with van der Waals surface area (Å²) in [6.07, 6.45) is 2.78. The Labute approximate surface area is 149 Å². The predicted molar refractivity (Wildman–Crippen MR) is 97.9 cm³/mol. The van der Waals surface area contributed by atoms with Crippen molar-refractivity contribution >= 4 is 35.3 Å². The first-order valence-corrected chi connectivity index (χ1v) is 9.69. The van der Waals surface area contributed by atoms with Gasteiger partial charge in [-0.15, -0.1) is 23.5 Å². The number of amides is 2. The van der Waals surface area contributed by atoms with Crippen LogP contribution in [0.2, 0.25) is 0 Å². The summed E-state index contributed by atoms with van der Waals surface area (Å²) < 4.78 is 0.444. The van der Waals surface area contributed by atoms with Crippen LogP contribution in [0.1, 0.15) is 37.4 Å². The van der Waals surface area contributed by atoms with Crippen LogP contribution in [0.4, 0.5) is 0 Å². The summed E-state index contributed by atoms with van der Waals surface area (Å²) in [6, 6.07) is 12.5.